The molecule has 6 rings (SSSR count). The molecule has 0 bridgehead atoms. The van der Waals surface area contributed by atoms with Crippen LogP contribution in [0.15, 0.2) is 60.9 Å². The summed E-state index contributed by atoms with van der Waals surface area (Å²) < 4.78 is 0. The molecule has 0 fully saturated rings. The highest BCUT2D eigenvalue weighted by atomic mass is 14.7. The van der Waals surface area contributed by atoms with Gasteiger partial charge in [-0.2, -0.15) is 0 Å². The van der Waals surface area contributed by atoms with Crippen LogP contribution in [-0.2, 0) is 6.42 Å². The monoisotopic (exact) mass is 294 g/mol. The SMILES string of the molecule is c1ccc2c(c1)Cc1c-2c2c[nH]cc2c2c1[nH]c1ccccc12. The first-order valence-corrected chi connectivity index (χ1v) is 8.02. The third-order valence-electron chi connectivity index (χ3n) is 5.25. The van der Waals surface area contributed by atoms with Crippen LogP contribution in [-0.4, -0.2) is 9.97 Å². The third-order valence-corrected chi connectivity index (χ3v) is 5.25. The van der Waals surface area contributed by atoms with E-state index < -0.39 is 0 Å². The second kappa shape index (κ2) is 3.85. The number of aromatic nitrogens is 2. The van der Waals surface area contributed by atoms with E-state index in [-0.39, 0.29) is 0 Å². The van der Waals surface area contributed by atoms with E-state index in [4.69, 9.17) is 0 Å². The summed E-state index contributed by atoms with van der Waals surface area (Å²) in [5.41, 5.74) is 8.16. The first-order valence-electron chi connectivity index (χ1n) is 8.02. The molecule has 0 saturated heterocycles. The maximum absolute atomic E-state index is 3.68. The molecule has 0 aliphatic heterocycles. The fourth-order valence-electron chi connectivity index (χ4n) is 4.31. The second-order valence-corrected chi connectivity index (χ2v) is 6.39. The molecule has 23 heavy (non-hydrogen) atoms. The van der Waals surface area contributed by atoms with Crippen LogP contribution in [0.3, 0.4) is 0 Å². The number of rotatable bonds is 0. The number of nitrogens with one attached hydrogen (secondary N) is 2. The predicted molar refractivity (Wildman–Crippen MR) is 95.9 cm³/mol. The summed E-state index contributed by atoms with van der Waals surface area (Å²) >= 11 is 0. The molecular weight excluding hydrogens is 280 g/mol. The number of H-pyrrole nitrogens is 2. The van der Waals surface area contributed by atoms with Gasteiger partial charge in [0, 0.05) is 45.9 Å². The average Bonchev–Trinajstić information content (AvgIpc) is 3.28. The van der Waals surface area contributed by atoms with Crippen LogP contribution in [0.5, 0.6) is 0 Å². The summed E-state index contributed by atoms with van der Waals surface area (Å²) in [5, 5.41) is 5.31. The number of hydrogen-bond donors (Lipinski definition) is 2. The topological polar surface area (TPSA) is 31.6 Å². The quantitative estimate of drug-likeness (QED) is 0.377. The largest absolute Gasteiger partial charge is 0.366 e. The smallest absolute Gasteiger partial charge is 0.0514 e. The van der Waals surface area contributed by atoms with Crippen molar-refractivity contribution >= 4 is 32.6 Å². The molecule has 108 valence electrons. The van der Waals surface area contributed by atoms with Gasteiger partial charge in [0.1, 0.15) is 0 Å². The lowest BCUT2D eigenvalue weighted by Gasteiger charge is -2.06. The van der Waals surface area contributed by atoms with Crippen molar-refractivity contribution in [2.24, 2.45) is 0 Å². The molecule has 0 radical (unpaired) electrons. The van der Waals surface area contributed by atoms with Gasteiger partial charge in [-0.3, -0.25) is 0 Å². The van der Waals surface area contributed by atoms with Crippen molar-refractivity contribution in [3.05, 3.63) is 72.1 Å². The lowest BCUT2D eigenvalue weighted by Crippen LogP contribution is -1.84. The molecule has 0 unspecified atom stereocenters. The van der Waals surface area contributed by atoms with Crippen molar-refractivity contribution in [2.75, 3.05) is 0 Å². The van der Waals surface area contributed by atoms with E-state index >= 15 is 0 Å². The number of benzene rings is 3. The minimum atomic E-state index is 1.01. The Bertz CT molecular complexity index is 1240. The molecule has 0 spiro atoms. The molecule has 1 aliphatic rings. The van der Waals surface area contributed by atoms with E-state index in [1.165, 1.54) is 54.8 Å². The van der Waals surface area contributed by atoms with Gasteiger partial charge >= 0.3 is 0 Å². The van der Waals surface area contributed by atoms with Crippen molar-refractivity contribution in [1.82, 2.24) is 9.97 Å². The fraction of sp³-hybridized carbons (Fsp3) is 0.0476. The Hall–Kier alpha value is -3.00. The summed E-state index contributed by atoms with van der Waals surface area (Å²) in [5.74, 6) is 0. The summed E-state index contributed by atoms with van der Waals surface area (Å²) in [7, 11) is 0. The Morgan fingerprint density at radius 1 is 0.783 bits per heavy atom. The van der Waals surface area contributed by atoms with E-state index in [9.17, 15) is 0 Å². The van der Waals surface area contributed by atoms with Gasteiger partial charge in [-0.05, 0) is 28.3 Å². The molecule has 1 aliphatic carbocycles. The zero-order valence-electron chi connectivity index (χ0n) is 12.5. The van der Waals surface area contributed by atoms with Crippen molar-refractivity contribution in [1.29, 1.82) is 0 Å². The van der Waals surface area contributed by atoms with E-state index in [0.29, 0.717) is 0 Å². The van der Waals surface area contributed by atoms with E-state index in [0.717, 1.165) is 6.42 Å². The van der Waals surface area contributed by atoms with E-state index in [1.807, 2.05) is 0 Å². The van der Waals surface area contributed by atoms with Crippen LogP contribution >= 0.6 is 0 Å². The Balaban J connectivity index is 1.93. The van der Waals surface area contributed by atoms with Gasteiger partial charge in [0.05, 0.1) is 5.52 Å². The van der Waals surface area contributed by atoms with E-state index in [1.54, 1.807) is 0 Å². The van der Waals surface area contributed by atoms with Gasteiger partial charge in [-0.25, -0.2) is 0 Å². The first-order chi connectivity index (χ1) is 11.4. The van der Waals surface area contributed by atoms with Crippen LogP contribution in [0, 0.1) is 0 Å². The molecule has 5 aromatic rings. The maximum Gasteiger partial charge on any atom is 0.0514 e. The molecule has 3 aromatic carbocycles. The van der Waals surface area contributed by atoms with Gasteiger partial charge in [-0.1, -0.05) is 42.5 Å². The van der Waals surface area contributed by atoms with Gasteiger partial charge in [0.25, 0.3) is 0 Å². The fourth-order valence-corrected chi connectivity index (χ4v) is 4.31. The minimum absolute atomic E-state index is 1.01. The predicted octanol–water partition coefficient (Wildman–Crippen LogP) is 5.37. The van der Waals surface area contributed by atoms with Crippen LogP contribution in [0.2, 0.25) is 0 Å². The zero-order valence-corrected chi connectivity index (χ0v) is 12.5. The first kappa shape index (κ1) is 11.6. The Kier molecular flexibility index (Phi) is 1.93. The second-order valence-electron chi connectivity index (χ2n) is 6.39. The van der Waals surface area contributed by atoms with Gasteiger partial charge in [0.2, 0.25) is 0 Å². The van der Waals surface area contributed by atoms with Crippen LogP contribution in [0.25, 0.3) is 43.7 Å². The lowest BCUT2D eigenvalue weighted by atomic mass is 9.97. The molecule has 2 N–H and O–H groups in total. The standard InChI is InChI=1S/C21H14N2/c1-2-6-13-12(5-1)9-15-19(13)16-10-22-11-17(16)20-14-7-3-4-8-18(14)23-21(15)20/h1-8,10-11,22-23H,9H2. The number of hydrogen-bond acceptors (Lipinski definition) is 0. The number of aromatic amines is 2. The summed E-state index contributed by atoms with van der Waals surface area (Å²) in [6.07, 6.45) is 5.30. The van der Waals surface area contributed by atoms with Gasteiger partial charge in [0.15, 0.2) is 0 Å². The molecule has 2 aromatic heterocycles. The Morgan fingerprint density at radius 3 is 2.61 bits per heavy atom. The van der Waals surface area contributed by atoms with Crippen molar-refractivity contribution in [2.45, 2.75) is 6.42 Å². The van der Waals surface area contributed by atoms with Crippen molar-refractivity contribution in [3.63, 3.8) is 0 Å². The van der Waals surface area contributed by atoms with E-state index in [2.05, 4.69) is 70.9 Å². The molecule has 0 atom stereocenters. The van der Waals surface area contributed by atoms with Crippen molar-refractivity contribution < 1.29 is 0 Å². The number of para-hydroxylation sites is 1. The molecule has 2 heteroatoms. The zero-order chi connectivity index (χ0) is 15.0. The molecular formula is C21H14N2. The summed E-state index contributed by atoms with van der Waals surface area (Å²) in [4.78, 5) is 7.01. The third kappa shape index (κ3) is 1.30. The minimum Gasteiger partial charge on any atom is -0.366 e. The normalized spacial score (nSPS) is 13.0. The highest BCUT2D eigenvalue weighted by Gasteiger charge is 2.25. The molecule has 0 saturated carbocycles. The van der Waals surface area contributed by atoms with Gasteiger partial charge in [-0.15, -0.1) is 0 Å². The van der Waals surface area contributed by atoms with Gasteiger partial charge < -0.3 is 9.97 Å². The Labute approximate surface area is 132 Å². The summed E-state index contributed by atoms with van der Waals surface area (Å²) in [6, 6.07) is 17.4. The summed E-state index contributed by atoms with van der Waals surface area (Å²) in [6.45, 7) is 0. The van der Waals surface area contributed by atoms with Crippen LogP contribution in [0.1, 0.15) is 11.1 Å². The molecule has 2 nitrogen and oxygen atoms in total. The maximum atomic E-state index is 3.68. The highest BCUT2D eigenvalue weighted by Crippen LogP contribution is 2.47. The Morgan fingerprint density at radius 2 is 1.61 bits per heavy atom. The van der Waals surface area contributed by atoms with Crippen molar-refractivity contribution in [3.8, 4) is 11.1 Å². The molecule has 2 heterocycles. The lowest BCUT2D eigenvalue weighted by molar-refractivity contribution is 1.27. The van der Waals surface area contributed by atoms with Crippen LogP contribution in [0.4, 0.5) is 0 Å². The van der Waals surface area contributed by atoms with Crippen LogP contribution < -0.4 is 0 Å². The highest BCUT2D eigenvalue weighted by molar-refractivity contribution is 6.25. The average molecular weight is 294 g/mol. The number of fused-ring (bicyclic) bond motifs is 10. The molecule has 0 amide bonds.